The standard InChI is InChI=1S/C26H23F4N3O2/c1-16-13-32(15-31-16)23-9-4-18(11-24(23)35-3)10-20-12-21(26(28,29)30)14-33(25(20)34)17(2)19-5-7-22(27)8-6-19/h4-9,11-15,17H,10H2,1-3H3. The number of alkyl halides is 3. The molecule has 182 valence electrons. The molecule has 0 radical (unpaired) electrons. The van der Waals surface area contributed by atoms with E-state index in [9.17, 15) is 22.4 Å². The van der Waals surface area contributed by atoms with Crippen LogP contribution in [0.25, 0.3) is 5.69 Å². The van der Waals surface area contributed by atoms with E-state index >= 15 is 0 Å². The highest BCUT2D eigenvalue weighted by atomic mass is 19.4. The molecule has 4 rings (SSSR count). The van der Waals surface area contributed by atoms with Gasteiger partial charge in [0.1, 0.15) is 11.6 Å². The van der Waals surface area contributed by atoms with E-state index in [1.54, 1.807) is 36.0 Å². The molecule has 0 saturated carbocycles. The van der Waals surface area contributed by atoms with Gasteiger partial charge in [-0.1, -0.05) is 18.2 Å². The molecule has 5 nitrogen and oxygen atoms in total. The number of hydrogen-bond acceptors (Lipinski definition) is 3. The highest BCUT2D eigenvalue weighted by Crippen LogP contribution is 2.31. The maximum Gasteiger partial charge on any atom is 0.417 e. The van der Waals surface area contributed by atoms with Gasteiger partial charge < -0.3 is 13.9 Å². The Hall–Kier alpha value is -3.88. The molecule has 0 amide bonds. The minimum atomic E-state index is -4.65. The second-order valence-corrected chi connectivity index (χ2v) is 8.30. The van der Waals surface area contributed by atoms with E-state index in [4.69, 9.17) is 4.74 Å². The Balaban J connectivity index is 1.76. The number of pyridine rings is 1. The van der Waals surface area contributed by atoms with Crippen molar-refractivity contribution in [2.45, 2.75) is 32.5 Å². The number of methoxy groups -OCH3 is 1. The first kappa shape index (κ1) is 24.3. The first-order chi connectivity index (χ1) is 16.6. The summed E-state index contributed by atoms with van der Waals surface area (Å²) in [5.74, 6) is 0.0214. The third-order valence-corrected chi connectivity index (χ3v) is 5.84. The fraction of sp³-hybridized carbons (Fsp3) is 0.231. The van der Waals surface area contributed by atoms with Crippen molar-refractivity contribution in [3.05, 3.63) is 111 Å². The van der Waals surface area contributed by atoms with E-state index in [2.05, 4.69) is 4.98 Å². The van der Waals surface area contributed by atoms with Gasteiger partial charge >= 0.3 is 6.18 Å². The largest absolute Gasteiger partial charge is 0.495 e. The summed E-state index contributed by atoms with van der Waals surface area (Å²) in [5.41, 5.74) is 1.16. The lowest BCUT2D eigenvalue weighted by molar-refractivity contribution is -0.138. The van der Waals surface area contributed by atoms with Crippen molar-refractivity contribution in [3.8, 4) is 11.4 Å². The maximum atomic E-state index is 13.7. The number of ether oxygens (including phenoxy) is 1. The van der Waals surface area contributed by atoms with Gasteiger partial charge in [-0.05, 0) is 55.3 Å². The molecule has 9 heteroatoms. The number of nitrogens with zero attached hydrogens (tertiary/aromatic N) is 3. The SMILES string of the molecule is COc1cc(Cc2cc(C(F)(F)F)cn(C(C)c3ccc(F)cc3)c2=O)ccc1-n1cnc(C)c1. The number of rotatable bonds is 6. The minimum absolute atomic E-state index is 0.0120. The summed E-state index contributed by atoms with van der Waals surface area (Å²) in [4.78, 5) is 17.5. The third-order valence-electron chi connectivity index (χ3n) is 5.84. The molecule has 0 aliphatic rings. The molecule has 0 bridgehead atoms. The Bertz CT molecular complexity index is 1410. The molecular weight excluding hydrogens is 462 g/mol. The highest BCUT2D eigenvalue weighted by Gasteiger charge is 2.33. The maximum absolute atomic E-state index is 13.7. The van der Waals surface area contributed by atoms with Gasteiger partial charge in [0.25, 0.3) is 5.56 Å². The average molecular weight is 485 g/mol. The summed E-state index contributed by atoms with van der Waals surface area (Å²) in [6.45, 7) is 3.45. The van der Waals surface area contributed by atoms with Crippen LogP contribution in [0.5, 0.6) is 5.75 Å². The fourth-order valence-electron chi connectivity index (χ4n) is 3.95. The minimum Gasteiger partial charge on any atom is -0.495 e. The topological polar surface area (TPSA) is 49.0 Å². The molecule has 35 heavy (non-hydrogen) atoms. The monoisotopic (exact) mass is 485 g/mol. The van der Waals surface area contributed by atoms with Gasteiger partial charge in [-0.3, -0.25) is 4.79 Å². The highest BCUT2D eigenvalue weighted by molar-refractivity contribution is 5.50. The van der Waals surface area contributed by atoms with Crippen LogP contribution >= 0.6 is 0 Å². The molecule has 0 fully saturated rings. The van der Waals surface area contributed by atoms with Crippen LogP contribution < -0.4 is 10.3 Å². The van der Waals surface area contributed by atoms with Crippen molar-refractivity contribution in [2.75, 3.05) is 7.11 Å². The normalized spacial score (nSPS) is 12.5. The van der Waals surface area contributed by atoms with Crippen molar-refractivity contribution in [3.63, 3.8) is 0 Å². The van der Waals surface area contributed by atoms with Gasteiger partial charge in [0.05, 0.1) is 36.4 Å². The van der Waals surface area contributed by atoms with E-state index in [0.29, 0.717) is 22.6 Å². The van der Waals surface area contributed by atoms with Crippen molar-refractivity contribution in [1.29, 1.82) is 0 Å². The molecular formula is C26H23F4N3O2. The second kappa shape index (κ2) is 9.40. The van der Waals surface area contributed by atoms with Crippen LogP contribution in [0.4, 0.5) is 17.6 Å². The van der Waals surface area contributed by atoms with E-state index in [-0.39, 0.29) is 12.0 Å². The number of imidazole rings is 1. The number of benzene rings is 2. The van der Waals surface area contributed by atoms with Gasteiger partial charge in [0.15, 0.2) is 0 Å². The zero-order valence-corrected chi connectivity index (χ0v) is 19.3. The molecule has 2 heterocycles. The Morgan fingerprint density at radius 3 is 2.37 bits per heavy atom. The van der Waals surface area contributed by atoms with E-state index < -0.39 is 29.2 Å². The van der Waals surface area contributed by atoms with Crippen LogP contribution in [-0.2, 0) is 12.6 Å². The van der Waals surface area contributed by atoms with Crippen LogP contribution in [0.2, 0.25) is 0 Å². The van der Waals surface area contributed by atoms with Crippen LogP contribution in [0, 0.1) is 12.7 Å². The summed E-state index contributed by atoms with van der Waals surface area (Å²) in [6, 6.07) is 10.7. The van der Waals surface area contributed by atoms with Crippen LogP contribution in [-0.4, -0.2) is 21.2 Å². The Kier molecular flexibility index (Phi) is 6.51. The smallest absolute Gasteiger partial charge is 0.417 e. The average Bonchev–Trinajstić information content (AvgIpc) is 3.25. The van der Waals surface area contributed by atoms with Crippen molar-refractivity contribution >= 4 is 0 Å². The number of halogens is 4. The Morgan fingerprint density at radius 2 is 1.77 bits per heavy atom. The first-order valence-electron chi connectivity index (χ1n) is 10.8. The lowest BCUT2D eigenvalue weighted by atomic mass is 10.0. The first-order valence-corrected chi connectivity index (χ1v) is 10.8. The number of hydrogen-bond donors (Lipinski definition) is 0. The molecule has 0 aliphatic heterocycles. The summed E-state index contributed by atoms with van der Waals surface area (Å²) < 4.78 is 62.7. The Labute approximate surface area is 199 Å². The molecule has 2 aromatic carbocycles. The third kappa shape index (κ3) is 5.13. The fourth-order valence-corrected chi connectivity index (χ4v) is 3.95. The Morgan fingerprint density at radius 1 is 1.06 bits per heavy atom. The molecule has 0 aliphatic carbocycles. The van der Waals surface area contributed by atoms with E-state index in [0.717, 1.165) is 22.5 Å². The van der Waals surface area contributed by atoms with Gasteiger partial charge in [0, 0.05) is 24.4 Å². The quantitative estimate of drug-likeness (QED) is 0.329. The lowest BCUT2D eigenvalue weighted by Gasteiger charge is -2.20. The summed E-state index contributed by atoms with van der Waals surface area (Å²) >= 11 is 0. The molecule has 1 atom stereocenters. The van der Waals surface area contributed by atoms with Crippen molar-refractivity contribution < 1.29 is 22.3 Å². The predicted octanol–water partition coefficient (Wildman–Crippen LogP) is 5.71. The summed E-state index contributed by atoms with van der Waals surface area (Å²) in [7, 11) is 1.49. The van der Waals surface area contributed by atoms with Crippen molar-refractivity contribution in [2.24, 2.45) is 0 Å². The molecule has 0 spiro atoms. The molecule has 1 unspecified atom stereocenters. The predicted molar refractivity (Wildman–Crippen MR) is 124 cm³/mol. The van der Waals surface area contributed by atoms with Gasteiger partial charge in [-0.2, -0.15) is 13.2 Å². The van der Waals surface area contributed by atoms with E-state index in [1.807, 2.05) is 13.1 Å². The number of aryl methyl sites for hydroxylation is 1. The van der Waals surface area contributed by atoms with Crippen LogP contribution in [0.15, 0.2) is 72.0 Å². The molecule has 4 aromatic rings. The van der Waals surface area contributed by atoms with E-state index in [1.165, 1.54) is 31.4 Å². The molecule has 0 saturated heterocycles. The van der Waals surface area contributed by atoms with Gasteiger partial charge in [-0.25, -0.2) is 9.37 Å². The molecule has 2 aromatic heterocycles. The molecule has 0 N–H and O–H groups in total. The van der Waals surface area contributed by atoms with Crippen LogP contribution in [0.1, 0.15) is 40.9 Å². The van der Waals surface area contributed by atoms with Crippen LogP contribution in [0.3, 0.4) is 0 Å². The number of aromatic nitrogens is 3. The van der Waals surface area contributed by atoms with Crippen molar-refractivity contribution in [1.82, 2.24) is 14.1 Å². The summed E-state index contributed by atoms with van der Waals surface area (Å²) in [6.07, 6.45) is -0.411. The second-order valence-electron chi connectivity index (χ2n) is 8.30. The zero-order chi connectivity index (χ0) is 25.3. The van der Waals surface area contributed by atoms with Gasteiger partial charge in [0.2, 0.25) is 0 Å². The lowest BCUT2D eigenvalue weighted by Crippen LogP contribution is -2.29. The zero-order valence-electron chi connectivity index (χ0n) is 19.3. The summed E-state index contributed by atoms with van der Waals surface area (Å²) in [5, 5.41) is 0. The van der Waals surface area contributed by atoms with Gasteiger partial charge in [-0.15, -0.1) is 0 Å².